The number of aryl methyl sites for hydroxylation is 2. The van der Waals surface area contributed by atoms with Crippen molar-refractivity contribution >= 4 is 11.9 Å². The molecule has 1 aromatic heterocycles. The Hall–Kier alpha value is -2.56. The highest BCUT2D eigenvalue weighted by Crippen LogP contribution is 2.14. The first kappa shape index (κ1) is 14.8. The van der Waals surface area contributed by atoms with Gasteiger partial charge in [-0.05, 0) is 49.7 Å². The Morgan fingerprint density at radius 1 is 1.14 bits per heavy atom. The number of carboxylic acids is 1. The van der Waals surface area contributed by atoms with E-state index >= 15 is 0 Å². The molecule has 0 bridgehead atoms. The molecule has 0 spiro atoms. The van der Waals surface area contributed by atoms with E-state index in [1.807, 2.05) is 19.1 Å². The molecule has 0 aliphatic rings. The molecule has 1 aromatic carbocycles. The Morgan fingerprint density at radius 3 is 2.38 bits per heavy atom. The molecule has 1 heterocycles. The van der Waals surface area contributed by atoms with E-state index in [-0.39, 0.29) is 11.5 Å². The van der Waals surface area contributed by atoms with Crippen molar-refractivity contribution in [2.45, 2.75) is 20.4 Å². The summed E-state index contributed by atoms with van der Waals surface area (Å²) in [6.45, 7) is 3.94. The van der Waals surface area contributed by atoms with Gasteiger partial charge in [-0.2, -0.15) is 0 Å². The van der Waals surface area contributed by atoms with E-state index in [1.165, 1.54) is 17.0 Å². The van der Waals surface area contributed by atoms with Crippen molar-refractivity contribution in [3.8, 4) is 0 Å². The molecular formula is C16H17NO4. The topological polar surface area (TPSA) is 70.8 Å². The summed E-state index contributed by atoms with van der Waals surface area (Å²) < 4.78 is 5.44. The van der Waals surface area contributed by atoms with Crippen molar-refractivity contribution in [2.75, 3.05) is 7.05 Å². The maximum Gasteiger partial charge on any atom is 0.335 e. The van der Waals surface area contributed by atoms with Gasteiger partial charge in [0.1, 0.15) is 11.5 Å². The van der Waals surface area contributed by atoms with E-state index < -0.39 is 5.97 Å². The zero-order valence-corrected chi connectivity index (χ0v) is 12.2. The number of carbonyl (C=O) groups is 2. The van der Waals surface area contributed by atoms with Crippen LogP contribution in [0, 0.1) is 13.8 Å². The first-order chi connectivity index (χ1) is 9.86. The molecule has 21 heavy (non-hydrogen) atoms. The molecule has 0 atom stereocenters. The minimum absolute atomic E-state index is 0.112. The molecule has 5 nitrogen and oxygen atoms in total. The van der Waals surface area contributed by atoms with Gasteiger partial charge in [-0.25, -0.2) is 4.79 Å². The van der Waals surface area contributed by atoms with Gasteiger partial charge in [0.25, 0.3) is 5.91 Å². The third-order valence-corrected chi connectivity index (χ3v) is 3.11. The van der Waals surface area contributed by atoms with Crippen molar-refractivity contribution in [2.24, 2.45) is 0 Å². The van der Waals surface area contributed by atoms with E-state index in [4.69, 9.17) is 9.52 Å². The van der Waals surface area contributed by atoms with Crippen LogP contribution >= 0.6 is 0 Å². The number of nitrogens with zero attached hydrogens (tertiary/aromatic N) is 1. The van der Waals surface area contributed by atoms with Crippen molar-refractivity contribution < 1.29 is 19.1 Å². The lowest BCUT2D eigenvalue weighted by atomic mass is 10.1. The van der Waals surface area contributed by atoms with Crippen LogP contribution in [0.3, 0.4) is 0 Å². The third-order valence-electron chi connectivity index (χ3n) is 3.11. The van der Waals surface area contributed by atoms with Crippen LogP contribution in [-0.2, 0) is 6.54 Å². The summed E-state index contributed by atoms with van der Waals surface area (Å²) in [5.41, 5.74) is 1.21. The van der Waals surface area contributed by atoms with E-state index in [1.54, 1.807) is 20.0 Å². The highest BCUT2D eigenvalue weighted by Gasteiger charge is 2.16. The quantitative estimate of drug-likeness (QED) is 0.938. The fourth-order valence-corrected chi connectivity index (χ4v) is 2.13. The summed E-state index contributed by atoms with van der Waals surface area (Å²) >= 11 is 0. The van der Waals surface area contributed by atoms with Crippen molar-refractivity contribution in [1.82, 2.24) is 4.90 Å². The molecule has 5 heteroatoms. The maximum atomic E-state index is 12.4. The third kappa shape index (κ3) is 3.51. The fraction of sp³-hybridized carbons (Fsp3) is 0.250. The van der Waals surface area contributed by atoms with E-state index in [2.05, 4.69) is 0 Å². The van der Waals surface area contributed by atoms with Crippen LogP contribution in [0.4, 0.5) is 0 Å². The first-order valence-corrected chi connectivity index (χ1v) is 6.52. The molecule has 0 saturated carbocycles. The van der Waals surface area contributed by atoms with Crippen LogP contribution in [0.15, 0.2) is 34.7 Å². The normalized spacial score (nSPS) is 10.4. The summed E-state index contributed by atoms with van der Waals surface area (Å²) in [5.74, 6) is 0.191. The molecule has 1 amide bonds. The van der Waals surface area contributed by atoms with Gasteiger partial charge in [-0.15, -0.1) is 0 Å². The van der Waals surface area contributed by atoms with E-state index in [0.717, 1.165) is 11.3 Å². The van der Waals surface area contributed by atoms with Crippen molar-refractivity contribution in [3.63, 3.8) is 0 Å². The number of carbonyl (C=O) groups excluding carboxylic acids is 1. The first-order valence-electron chi connectivity index (χ1n) is 6.52. The van der Waals surface area contributed by atoms with Crippen LogP contribution < -0.4 is 0 Å². The van der Waals surface area contributed by atoms with Crippen LogP contribution in [-0.4, -0.2) is 28.9 Å². The Balaban J connectivity index is 2.20. The number of furan rings is 1. The smallest absolute Gasteiger partial charge is 0.335 e. The zero-order valence-electron chi connectivity index (χ0n) is 12.2. The monoisotopic (exact) mass is 287 g/mol. The minimum atomic E-state index is -1.04. The SMILES string of the molecule is Cc1cc(C(=O)O)cc(C(=O)N(C)Cc2ccc(C)o2)c1. The maximum absolute atomic E-state index is 12.4. The van der Waals surface area contributed by atoms with Crippen LogP contribution in [0.5, 0.6) is 0 Å². The number of carboxylic acid groups (broad SMARTS) is 1. The number of rotatable bonds is 4. The molecular weight excluding hydrogens is 270 g/mol. The van der Waals surface area contributed by atoms with E-state index in [9.17, 15) is 9.59 Å². The van der Waals surface area contributed by atoms with Gasteiger partial charge >= 0.3 is 5.97 Å². The molecule has 0 saturated heterocycles. The highest BCUT2D eigenvalue weighted by molar-refractivity contribution is 5.97. The van der Waals surface area contributed by atoms with Crippen molar-refractivity contribution in [1.29, 1.82) is 0 Å². The number of hydrogen-bond acceptors (Lipinski definition) is 3. The summed E-state index contributed by atoms with van der Waals surface area (Å²) in [6.07, 6.45) is 0. The van der Waals surface area contributed by atoms with Gasteiger partial charge in [-0.3, -0.25) is 4.79 Å². The second kappa shape index (κ2) is 5.83. The summed E-state index contributed by atoms with van der Waals surface area (Å²) in [5, 5.41) is 9.05. The standard InChI is InChI=1S/C16H17NO4/c1-10-6-12(8-13(7-10)16(19)20)15(18)17(3)9-14-5-4-11(2)21-14/h4-8H,9H2,1-3H3,(H,19,20). The van der Waals surface area contributed by atoms with Crippen LogP contribution in [0.25, 0.3) is 0 Å². The Bertz CT molecular complexity index is 687. The Kier molecular flexibility index (Phi) is 4.12. The van der Waals surface area contributed by atoms with E-state index in [0.29, 0.717) is 17.9 Å². The number of benzene rings is 1. The molecule has 2 aromatic rings. The summed E-state index contributed by atoms with van der Waals surface area (Å²) in [7, 11) is 1.66. The average molecular weight is 287 g/mol. The van der Waals surface area contributed by atoms with Crippen LogP contribution in [0.2, 0.25) is 0 Å². The predicted molar refractivity (Wildman–Crippen MR) is 77.4 cm³/mol. The number of hydrogen-bond donors (Lipinski definition) is 1. The lowest BCUT2D eigenvalue weighted by Gasteiger charge is -2.16. The second-order valence-corrected chi connectivity index (χ2v) is 5.07. The molecule has 2 rings (SSSR count). The lowest BCUT2D eigenvalue weighted by Crippen LogP contribution is -2.26. The largest absolute Gasteiger partial charge is 0.478 e. The van der Waals surface area contributed by atoms with Gasteiger partial charge < -0.3 is 14.4 Å². The van der Waals surface area contributed by atoms with Crippen molar-refractivity contribution in [3.05, 3.63) is 58.5 Å². The molecule has 0 radical (unpaired) electrons. The molecule has 0 aliphatic heterocycles. The molecule has 0 fully saturated rings. The minimum Gasteiger partial charge on any atom is -0.478 e. The van der Waals surface area contributed by atoms with Gasteiger partial charge in [0, 0.05) is 12.6 Å². The second-order valence-electron chi connectivity index (χ2n) is 5.07. The van der Waals surface area contributed by atoms with Crippen LogP contribution in [0.1, 0.15) is 37.8 Å². The molecule has 0 aliphatic carbocycles. The predicted octanol–water partition coefficient (Wildman–Crippen LogP) is 2.87. The van der Waals surface area contributed by atoms with Gasteiger partial charge in [0.2, 0.25) is 0 Å². The highest BCUT2D eigenvalue weighted by atomic mass is 16.4. The summed E-state index contributed by atoms with van der Waals surface area (Å²) in [6, 6.07) is 8.26. The number of amides is 1. The molecule has 1 N–H and O–H groups in total. The Morgan fingerprint density at radius 2 is 1.81 bits per heavy atom. The molecule has 0 unspecified atom stereocenters. The zero-order chi connectivity index (χ0) is 15.6. The van der Waals surface area contributed by atoms with Gasteiger partial charge in [0.05, 0.1) is 12.1 Å². The van der Waals surface area contributed by atoms with Gasteiger partial charge in [0.15, 0.2) is 0 Å². The lowest BCUT2D eigenvalue weighted by molar-refractivity contribution is 0.0696. The van der Waals surface area contributed by atoms with Gasteiger partial charge in [-0.1, -0.05) is 0 Å². The summed E-state index contributed by atoms with van der Waals surface area (Å²) in [4.78, 5) is 24.9. The Labute approximate surface area is 122 Å². The average Bonchev–Trinajstić information content (AvgIpc) is 2.82. The number of aromatic carboxylic acids is 1. The molecule has 110 valence electrons. The fourth-order valence-electron chi connectivity index (χ4n) is 2.13.